The van der Waals surface area contributed by atoms with Gasteiger partial charge in [-0.15, -0.1) is 0 Å². The Kier molecular flexibility index (Phi) is 5.41. The summed E-state index contributed by atoms with van der Waals surface area (Å²) in [4.78, 5) is 12.3. The van der Waals surface area contributed by atoms with E-state index in [1.54, 1.807) is 0 Å². The van der Waals surface area contributed by atoms with Crippen LogP contribution in [-0.2, 0) is 0 Å². The first kappa shape index (κ1) is 17.0. The van der Waals surface area contributed by atoms with E-state index < -0.39 is 0 Å². The summed E-state index contributed by atoms with van der Waals surface area (Å²) < 4.78 is 0. The molecule has 23 heavy (non-hydrogen) atoms. The van der Waals surface area contributed by atoms with Crippen molar-refractivity contribution < 1.29 is 10.0 Å². The second kappa shape index (κ2) is 7.34. The van der Waals surface area contributed by atoms with Crippen LogP contribution in [0.1, 0.15) is 52.4 Å². The number of carbonyl (C=O) groups excluding carboxylic acids is 1. The molecule has 3 fully saturated rings. The van der Waals surface area contributed by atoms with E-state index in [-0.39, 0.29) is 24.5 Å². The van der Waals surface area contributed by atoms with Crippen molar-refractivity contribution in [3.05, 3.63) is 0 Å². The third-order valence-corrected chi connectivity index (χ3v) is 5.79. The summed E-state index contributed by atoms with van der Waals surface area (Å²) in [5.41, 5.74) is 2.29. The van der Waals surface area contributed by atoms with Gasteiger partial charge < -0.3 is 15.8 Å². The van der Waals surface area contributed by atoms with Gasteiger partial charge in [-0.05, 0) is 56.3 Å². The molecule has 3 aliphatic rings. The standard InChI is InChI=1S/C16H31N5O2/c1-9-3-6-12(7-10(9)2)17-16(22)20-15-18-13(11-4-5-11)8-14(19-15)21-23/h9-15,18-19,21,23H,3-8H2,1-2H3,(H2,17,20,22). The summed E-state index contributed by atoms with van der Waals surface area (Å²) in [6.45, 7) is 4.55. The zero-order valence-corrected chi connectivity index (χ0v) is 14.1. The van der Waals surface area contributed by atoms with Gasteiger partial charge >= 0.3 is 6.03 Å². The predicted molar refractivity (Wildman–Crippen MR) is 87.5 cm³/mol. The van der Waals surface area contributed by atoms with Crippen LogP contribution < -0.4 is 26.7 Å². The molecule has 0 bridgehead atoms. The highest BCUT2D eigenvalue weighted by Gasteiger charge is 2.38. The maximum absolute atomic E-state index is 12.3. The summed E-state index contributed by atoms with van der Waals surface area (Å²) in [6.07, 6.45) is 6.04. The first-order valence-electron chi connectivity index (χ1n) is 9.04. The third-order valence-electron chi connectivity index (χ3n) is 5.79. The van der Waals surface area contributed by atoms with E-state index >= 15 is 0 Å². The van der Waals surface area contributed by atoms with Gasteiger partial charge in [-0.3, -0.25) is 10.6 Å². The maximum Gasteiger partial charge on any atom is 0.317 e. The van der Waals surface area contributed by atoms with Crippen LogP contribution in [0.2, 0.25) is 0 Å². The minimum absolute atomic E-state index is 0.144. The summed E-state index contributed by atoms with van der Waals surface area (Å²) in [5.74, 6) is 2.07. The molecule has 2 amide bonds. The van der Waals surface area contributed by atoms with E-state index in [4.69, 9.17) is 0 Å². The second-order valence-electron chi connectivity index (χ2n) is 7.71. The molecule has 0 aromatic rings. The Hall–Kier alpha value is -0.890. The minimum Gasteiger partial charge on any atom is -0.335 e. The zero-order valence-electron chi connectivity index (χ0n) is 14.1. The van der Waals surface area contributed by atoms with Crippen molar-refractivity contribution in [3.63, 3.8) is 0 Å². The van der Waals surface area contributed by atoms with Crippen LogP contribution in [0.4, 0.5) is 4.79 Å². The van der Waals surface area contributed by atoms with Gasteiger partial charge in [0.1, 0.15) is 6.29 Å². The fourth-order valence-corrected chi connectivity index (χ4v) is 3.89. The van der Waals surface area contributed by atoms with Crippen LogP contribution in [-0.4, -0.2) is 35.8 Å². The molecule has 3 rings (SSSR count). The van der Waals surface area contributed by atoms with E-state index in [0.717, 1.165) is 25.2 Å². The molecule has 6 N–H and O–H groups in total. The molecule has 6 unspecified atom stereocenters. The molecular weight excluding hydrogens is 294 g/mol. The molecule has 0 radical (unpaired) electrons. The SMILES string of the molecule is CC1CCC(NC(=O)NC2NC(NO)CC(C3CC3)N2)CC1C. The third kappa shape index (κ3) is 4.56. The van der Waals surface area contributed by atoms with E-state index in [1.807, 2.05) is 0 Å². The molecule has 0 aromatic heterocycles. The predicted octanol–water partition coefficient (Wildman–Crippen LogP) is 1.06. The zero-order chi connectivity index (χ0) is 16.4. The number of rotatable bonds is 4. The lowest BCUT2D eigenvalue weighted by molar-refractivity contribution is 0.0605. The lowest BCUT2D eigenvalue weighted by Gasteiger charge is -2.38. The molecule has 6 atom stereocenters. The van der Waals surface area contributed by atoms with Gasteiger partial charge in [-0.1, -0.05) is 13.8 Å². The van der Waals surface area contributed by atoms with Crippen molar-refractivity contribution in [2.45, 2.75) is 76.9 Å². The Bertz CT molecular complexity index is 417. The summed E-state index contributed by atoms with van der Waals surface area (Å²) in [7, 11) is 0. The Morgan fingerprint density at radius 3 is 2.43 bits per heavy atom. The van der Waals surface area contributed by atoms with E-state index in [1.165, 1.54) is 19.3 Å². The highest BCUT2D eigenvalue weighted by Crippen LogP contribution is 2.35. The van der Waals surface area contributed by atoms with Crippen molar-refractivity contribution in [2.24, 2.45) is 17.8 Å². The van der Waals surface area contributed by atoms with E-state index in [0.29, 0.717) is 17.9 Å². The average Bonchev–Trinajstić information content (AvgIpc) is 3.35. The number of urea groups is 1. The maximum atomic E-state index is 12.3. The first-order chi connectivity index (χ1) is 11.0. The van der Waals surface area contributed by atoms with Crippen LogP contribution in [0.15, 0.2) is 0 Å². The highest BCUT2D eigenvalue weighted by molar-refractivity contribution is 5.74. The molecule has 7 heteroatoms. The lowest BCUT2D eigenvalue weighted by Crippen LogP contribution is -2.69. The number of carbonyl (C=O) groups is 1. The first-order valence-corrected chi connectivity index (χ1v) is 9.04. The normalized spacial score (nSPS) is 41.3. The quantitative estimate of drug-likeness (QED) is 0.434. The number of hydrogen-bond acceptors (Lipinski definition) is 5. The molecule has 1 heterocycles. The number of nitrogens with one attached hydrogen (secondary N) is 5. The molecule has 132 valence electrons. The molecule has 0 aromatic carbocycles. The van der Waals surface area contributed by atoms with Gasteiger partial charge in [0.05, 0.1) is 6.17 Å². The van der Waals surface area contributed by atoms with Gasteiger partial charge in [-0.2, -0.15) is 5.48 Å². The molecule has 0 spiro atoms. The van der Waals surface area contributed by atoms with Gasteiger partial charge in [0, 0.05) is 12.1 Å². The summed E-state index contributed by atoms with van der Waals surface area (Å²) >= 11 is 0. The van der Waals surface area contributed by atoms with Crippen LogP contribution in [0.3, 0.4) is 0 Å². The topological polar surface area (TPSA) is 97.5 Å². The van der Waals surface area contributed by atoms with Gasteiger partial charge in [0.2, 0.25) is 0 Å². The fraction of sp³-hybridized carbons (Fsp3) is 0.938. The Morgan fingerprint density at radius 1 is 1.00 bits per heavy atom. The Labute approximate surface area is 138 Å². The molecular formula is C16H31N5O2. The molecule has 2 saturated carbocycles. The van der Waals surface area contributed by atoms with Crippen LogP contribution in [0, 0.1) is 17.8 Å². The second-order valence-corrected chi connectivity index (χ2v) is 7.71. The number of hydroxylamine groups is 1. The Balaban J connectivity index is 1.46. The number of hydrogen-bond donors (Lipinski definition) is 6. The fourth-order valence-electron chi connectivity index (χ4n) is 3.89. The Morgan fingerprint density at radius 2 is 1.78 bits per heavy atom. The van der Waals surface area contributed by atoms with Crippen LogP contribution in [0.5, 0.6) is 0 Å². The van der Waals surface area contributed by atoms with Gasteiger partial charge in [-0.25, -0.2) is 4.79 Å². The van der Waals surface area contributed by atoms with Crippen molar-refractivity contribution in [1.82, 2.24) is 26.7 Å². The van der Waals surface area contributed by atoms with Crippen molar-refractivity contribution >= 4 is 6.03 Å². The molecule has 7 nitrogen and oxygen atoms in total. The van der Waals surface area contributed by atoms with Crippen molar-refractivity contribution in [3.8, 4) is 0 Å². The minimum atomic E-state index is -0.320. The monoisotopic (exact) mass is 325 g/mol. The lowest BCUT2D eigenvalue weighted by atomic mass is 9.79. The van der Waals surface area contributed by atoms with Crippen LogP contribution in [0.25, 0.3) is 0 Å². The van der Waals surface area contributed by atoms with Crippen molar-refractivity contribution in [1.29, 1.82) is 0 Å². The molecule has 1 saturated heterocycles. The number of amides is 2. The largest absolute Gasteiger partial charge is 0.335 e. The van der Waals surface area contributed by atoms with E-state index in [9.17, 15) is 10.0 Å². The summed E-state index contributed by atoms with van der Waals surface area (Å²) in [5, 5.41) is 21.8. The van der Waals surface area contributed by atoms with Crippen molar-refractivity contribution in [2.75, 3.05) is 0 Å². The van der Waals surface area contributed by atoms with Crippen LogP contribution >= 0.6 is 0 Å². The summed E-state index contributed by atoms with van der Waals surface area (Å²) in [6, 6.07) is 0.451. The highest BCUT2D eigenvalue weighted by atomic mass is 16.5. The van der Waals surface area contributed by atoms with E-state index in [2.05, 4.69) is 40.6 Å². The molecule has 2 aliphatic carbocycles. The van der Waals surface area contributed by atoms with Gasteiger partial charge in [0.15, 0.2) is 0 Å². The molecule has 1 aliphatic heterocycles. The smallest absolute Gasteiger partial charge is 0.317 e. The average molecular weight is 325 g/mol. The van der Waals surface area contributed by atoms with Gasteiger partial charge in [0.25, 0.3) is 0 Å².